The number of hydrogen-bond donors (Lipinski definition) is 1. The molecule has 3 nitrogen and oxygen atoms in total. The molecule has 0 fully saturated rings. The molecular weight excluding hydrogens is 412 g/mol. The molecule has 0 bridgehead atoms. The van der Waals surface area contributed by atoms with Crippen LogP contribution in [0.25, 0.3) is 22.4 Å². The predicted molar refractivity (Wildman–Crippen MR) is 79.7 cm³/mol. The maximum absolute atomic E-state index is 13.9. The molecule has 3 rings (SSSR count). The fraction of sp³-hybridized carbons (Fsp3) is 0. The Morgan fingerprint density at radius 1 is 1.28 bits per heavy atom. The zero-order chi connectivity index (χ0) is 12.7. The van der Waals surface area contributed by atoms with Crippen molar-refractivity contribution in [2.24, 2.45) is 0 Å². The summed E-state index contributed by atoms with van der Waals surface area (Å²) in [6.45, 7) is 0. The number of aromatic nitrogens is 3. The lowest BCUT2D eigenvalue weighted by Crippen LogP contribution is -1.90. The normalized spacial score (nSPS) is 11.1. The molecule has 6 heteroatoms. The predicted octanol–water partition coefficient (Wildman–Crippen LogP) is 4.13. The monoisotopic (exact) mass is 417 g/mol. The Hall–Kier alpha value is -1.02. The van der Waals surface area contributed by atoms with Crippen molar-refractivity contribution in [2.45, 2.75) is 0 Å². The number of rotatable bonds is 1. The van der Waals surface area contributed by atoms with Crippen molar-refractivity contribution in [3.63, 3.8) is 0 Å². The van der Waals surface area contributed by atoms with Gasteiger partial charge in [-0.25, -0.2) is 14.4 Å². The number of nitrogens with one attached hydrogen (secondary N) is 1. The van der Waals surface area contributed by atoms with Crippen LogP contribution in [0.2, 0.25) is 0 Å². The van der Waals surface area contributed by atoms with Crippen molar-refractivity contribution in [1.29, 1.82) is 0 Å². The quantitative estimate of drug-likeness (QED) is 0.477. The van der Waals surface area contributed by atoms with Crippen LogP contribution in [0.4, 0.5) is 4.39 Å². The Morgan fingerprint density at radius 3 is 2.83 bits per heavy atom. The summed E-state index contributed by atoms with van der Waals surface area (Å²) in [5.41, 5.74) is 2.01. The first-order valence-electron chi connectivity index (χ1n) is 5.11. The van der Waals surface area contributed by atoms with E-state index in [0.717, 1.165) is 9.09 Å². The van der Waals surface area contributed by atoms with E-state index in [1.54, 1.807) is 12.3 Å². The first kappa shape index (κ1) is 12.0. The summed E-state index contributed by atoms with van der Waals surface area (Å²) in [5, 5.41) is 0. The fourth-order valence-corrected chi connectivity index (χ4v) is 2.89. The number of hydrogen-bond acceptors (Lipinski definition) is 2. The molecule has 0 atom stereocenters. The smallest absolute Gasteiger partial charge is 0.142 e. The van der Waals surface area contributed by atoms with E-state index in [1.807, 2.05) is 12.1 Å². The van der Waals surface area contributed by atoms with E-state index in [2.05, 4.69) is 53.5 Å². The average molecular weight is 418 g/mol. The highest BCUT2D eigenvalue weighted by molar-refractivity contribution is 14.1. The lowest BCUT2D eigenvalue weighted by molar-refractivity contribution is 0.629. The van der Waals surface area contributed by atoms with E-state index < -0.39 is 0 Å². The van der Waals surface area contributed by atoms with Gasteiger partial charge < -0.3 is 4.98 Å². The molecule has 0 saturated carbocycles. The standard InChI is InChI=1S/C12H6BrFIN3/c13-11-10-8(4-5-16-11)17-12(18-10)9-6(14)2-1-3-7(9)15/h1-5H,(H,17,18). The Kier molecular flexibility index (Phi) is 3.06. The summed E-state index contributed by atoms with van der Waals surface area (Å²) >= 11 is 5.43. The van der Waals surface area contributed by atoms with Gasteiger partial charge in [0.2, 0.25) is 0 Å². The van der Waals surface area contributed by atoms with E-state index in [-0.39, 0.29) is 5.82 Å². The van der Waals surface area contributed by atoms with Gasteiger partial charge in [-0.3, -0.25) is 0 Å². The van der Waals surface area contributed by atoms with Crippen LogP contribution in [-0.2, 0) is 0 Å². The van der Waals surface area contributed by atoms with Gasteiger partial charge in [0.15, 0.2) is 0 Å². The molecular formula is C12H6BrFIN3. The van der Waals surface area contributed by atoms with E-state index in [0.29, 0.717) is 21.5 Å². The molecule has 2 aromatic heterocycles. The first-order valence-corrected chi connectivity index (χ1v) is 6.98. The van der Waals surface area contributed by atoms with Gasteiger partial charge in [-0.2, -0.15) is 0 Å². The van der Waals surface area contributed by atoms with Crippen molar-refractivity contribution in [2.75, 3.05) is 0 Å². The minimum Gasteiger partial charge on any atom is -0.338 e. The highest BCUT2D eigenvalue weighted by Gasteiger charge is 2.14. The average Bonchev–Trinajstić information content (AvgIpc) is 2.74. The van der Waals surface area contributed by atoms with Crippen LogP contribution in [0.5, 0.6) is 0 Å². The largest absolute Gasteiger partial charge is 0.338 e. The van der Waals surface area contributed by atoms with Crippen LogP contribution < -0.4 is 0 Å². The number of H-pyrrole nitrogens is 1. The van der Waals surface area contributed by atoms with Gasteiger partial charge in [-0.05, 0) is 56.7 Å². The second-order valence-corrected chi connectivity index (χ2v) is 5.59. The molecule has 0 unspecified atom stereocenters. The molecule has 0 radical (unpaired) electrons. The number of pyridine rings is 1. The van der Waals surface area contributed by atoms with Crippen LogP contribution in [-0.4, -0.2) is 15.0 Å². The lowest BCUT2D eigenvalue weighted by atomic mass is 10.2. The van der Waals surface area contributed by atoms with Crippen molar-refractivity contribution >= 4 is 49.6 Å². The first-order chi connectivity index (χ1) is 8.66. The summed E-state index contributed by atoms with van der Waals surface area (Å²) in [5.74, 6) is 0.228. The second kappa shape index (κ2) is 4.58. The van der Waals surface area contributed by atoms with Gasteiger partial charge in [-0.1, -0.05) is 6.07 Å². The van der Waals surface area contributed by atoms with Crippen LogP contribution in [0.3, 0.4) is 0 Å². The van der Waals surface area contributed by atoms with Crippen molar-refractivity contribution in [3.05, 3.63) is 44.5 Å². The van der Waals surface area contributed by atoms with Gasteiger partial charge in [0.25, 0.3) is 0 Å². The van der Waals surface area contributed by atoms with E-state index in [9.17, 15) is 4.39 Å². The zero-order valence-corrected chi connectivity index (χ0v) is 12.7. The molecule has 2 heterocycles. The molecule has 3 aromatic rings. The zero-order valence-electron chi connectivity index (χ0n) is 8.92. The maximum Gasteiger partial charge on any atom is 0.142 e. The summed E-state index contributed by atoms with van der Waals surface area (Å²) in [7, 11) is 0. The Labute approximate surface area is 124 Å². The number of benzene rings is 1. The lowest BCUT2D eigenvalue weighted by Gasteiger charge is -2.01. The van der Waals surface area contributed by atoms with Gasteiger partial charge in [0.1, 0.15) is 21.8 Å². The molecule has 0 aliphatic heterocycles. The highest BCUT2D eigenvalue weighted by atomic mass is 127. The molecule has 0 aliphatic carbocycles. The molecule has 0 spiro atoms. The van der Waals surface area contributed by atoms with Gasteiger partial charge >= 0.3 is 0 Å². The summed E-state index contributed by atoms with van der Waals surface area (Å²) < 4.78 is 15.3. The Balaban J connectivity index is 2.30. The van der Waals surface area contributed by atoms with Crippen LogP contribution in [0.15, 0.2) is 35.1 Å². The minimum absolute atomic E-state index is 0.287. The number of fused-ring (bicyclic) bond motifs is 1. The van der Waals surface area contributed by atoms with Crippen molar-refractivity contribution in [3.8, 4) is 11.4 Å². The van der Waals surface area contributed by atoms with Crippen molar-refractivity contribution < 1.29 is 4.39 Å². The summed E-state index contributed by atoms with van der Waals surface area (Å²) in [6, 6.07) is 6.77. The van der Waals surface area contributed by atoms with Gasteiger partial charge in [-0.15, -0.1) is 0 Å². The molecule has 1 N–H and O–H groups in total. The van der Waals surface area contributed by atoms with Crippen molar-refractivity contribution in [1.82, 2.24) is 15.0 Å². The van der Waals surface area contributed by atoms with E-state index in [1.165, 1.54) is 6.07 Å². The Morgan fingerprint density at radius 2 is 2.11 bits per heavy atom. The summed E-state index contributed by atoms with van der Waals surface area (Å²) in [6.07, 6.45) is 1.67. The topological polar surface area (TPSA) is 41.6 Å². The third-order valence-electron chi connectivity index (χ3n) is 2.56. The van der Waals surface area contributed by atoms with E-state index >= 15 is 0 Å². The van der Waals surface area contributed by atoms with E-state index in [4.69, 9.17) is 0 Å². The number of nitrogens with zero attached hydrogens (tertiary/aromatic N) is 2. The highest BCUT2D eigenvalue weighted by Crippen LogP contribution is 2.29. The van der Waals surface area contributed by atoms with Gasteiger partial charge in [0.05, 0.1) is 11.1 Å². The SMILES string of the molecule is Fc1cccc(I)c1-c1nc2c(Br)nccc2[nH]1. The molecule has 0 saturated heterocycles. The number of imidazole rings is 1. The third-order valence-corrected chi connectivity index (χ3v) is 4.04. The van der Waals surface area contributed by atoms with Gasteiger partial charge in [0, 0.05) is 9.77 Å². The van der Waals surface area contributed by atoms with Crippen LogP contribution >= 0.6 is 38.5 Å². The summed E-state index contributed by atoms with van der Waals surface area (Å²) in [4.78, 5) is 11.6. The molecule has 0 aliphatic rings. The fourth-order valence-electron chi connectivity index (χ4n) is 1.75. The Bertz CT molecular complexity index is 721. The maximum atomic E-state index is 13.9. The second-order valence-electron chi connectivity index (χ2n) is 3.68. The van der Waals surface area contributed by atoms with Crippen LogP contribution in [0.1, 0.15) is 0 Å². The molecule has 18 heavy (non-hydrogen) atoms. The molecule has 0 amide bonds. The molecule has 1 aromatic carbocycles. The number of halogens is 3. The number of aromatic amines is 1. The van der Waals surface area contributed by atoms with Crippen LogP contribution in [0, 0.1) is 9.39 Å². The minimum atomic E-state index is -0.287. The third kappa shape index (κ3) is 1.93. The molecule has 90 valence electrons.